The highest BCUT2D eigenvalue weighted by atomic mass is 16.5. The summed E-state index contributed by atoms with van der Waals surface area (Å²) in [7, 11) is 3.92. The van der Waals surface area contributed by atoms with Crippen molar-refractivity contribution in [3.05, 3.63) is 47.5 Å². The average Bonchev–Trinajstić information content (AvgIpc) is 2.49. The number of hydrogen-bond donors (Lipinski definition) is 1. The van der Waals surface area contributed by atoms with Crippen LogP contribution in [0.15, 0.2) is 36.4 Å². The molecule has 0 radical (unpaired) electrons. The van der Waals surface area contributed by atoms with Crippen LogP contribution in [0.5, 0.6) is 0 Å². The Labute approximate surface area is 127 Å². The SMILES string of the molecule is CNC(CC1(OC)CCC1)c1ccc(C)c2ccccc12. The van der Waals surface area contributed by atoms with Crippen LogP contribution in [0.2, 0.25) is 0 Å². The molecule has 0 saturated heterocycles. The molecule has 2 nitrogen and oxygen atoms in total. The van der Waals surface area contributed by atoms with E-state index in [9.17, 15) is 0 Å². The summed E-state index contributed by atoms with van der Waals surface area (Å²) in [6, 6.07) is 13.6. The van der Waals surface area contributed by atoms with E-state index in [1.54, 1.807) is 0 Å². The minimum Gasteiger partial charge on any atom is -0.378 e. The lowest BCUT2D eigenvalue weighted by Gasteiger charge is -2.43. The summed E-state index contributed by atoms with van der Waals surface area (Å²) in [5.41, 5.74) is 2.82. The van der Waals surface area contributed by atoms with Gasteiger partial charge in [0, 0.05) is 13.2 Å². The summed E-state index contributed by atoms with van der Waals surface area (Å²) in [5, 5.41) is 6.23. The van der Waals surface area contributed by atoms with Crippen LogP contribution in [-0.4, -0.2) is 19.8 Å². The fraction of sp³-hybridized carbons (Fsp3) is 0.474. The van der Waals surface area contributed by atoms with Gasteiger partial charge in [0.1, 0.15) is 0 Å². The minimum atomic E-state index is 0.0830. The molecule has 0 bridgehead atoms. The van der Waals surface area contributed by atoms with Crippen molar-refractivity contribution < 1.29 is 4.74 Å². The average molecular weight is 283 g/mol. The molecule has 1 saturated carbocycles. The first-order valence-electron chi connectivity index (χ1n) is 7.90. The van der Waals surface area contributed by atoms with Crippen molar-refractivity contribution in [2.24, 2.45) is 0 Å². The van der Waals surface area contributed by atoms with Crippen LogP contribution in [0, 0.1) is 6.92 Å². The quantitative estimate of drug-likeness (QED) is 0.880. The molecule has 2 heteroatoms. The lowest BCUT2D eigenvalue weighted by atomic mass is 9.74. The summed E-state index contributed by atoms with van der Waals surface area (Å²) in [4.78, 5) is 0. The highest BCUT2D eigenvalue weighted by Gasteiger charge is 2.39. The van der Waals surface area contributed by atoms with Crippen LogP contribution in [0.25, 0.3) is 10.8 Å². The van der Waals surface area contributed by atoms with E-state index in [2.05, 4.69) is 55.7 Å². The number of ether oxygens (including phenoxy) is 1. The predicted octanol–water partition coefficient (Wildman–Crippen LogP) is 4.37. The maximum absolute atomic E-state index is 5.82. The molecule has 3 rings (SSSR count). The zero-order valence-corrected chi connectivity index (χ0v) is 13.3. The van der Waals surface area contributed by atoms with Gasteiger partial charge in [-0.25, -0.2) is 0 Å². The van der Waals surface area contributed by atoms with Gasteiger partial charge in [0.05, 0.1) is 5.60 Å². The molecule has 2 aromatic rings. The van der Waals surface area contributed by atoms with Gasteiger partial charge < -0.3 is 10.1 Å². The summed E-state index contributed by atoms with van der Waals surface area (Å²) in [6.45, 7) is 2.18. The molecule has 112 valence electrons. The molecule has 0 heterocycles. The van der Waals surface area contributed by atoms with Gasteiger partial charge in [-0.3, -0.25) is 0 Å². The van der Waals surface area contributed by atoms with Crippen molar-refractivity contribution >= 4 is 10.8 Å². The zero-order chi connectivity index (χ0) is 14.9. The zero-order valence-electron chi connectivity index (χ0n) is 13.3. The number of methoxy groups -OCH3 is 1. The third-order valence-corrected chi connectivity index (χ3v) is 5.17. The maximum Gasteiger partial charge on any atom is 0.0697 e. The molecule has 1 fully saturated rings. The van der Waals surface area contributed by atoms with E-state index in [1.165, 1.54) is 41.2 Å². The molecule has 2 aromatic carbocycles. The Morgan fingerprint density at radius 2 is 1.86 bits per heavy atom. The molecule has 1 aliphatic carbocycles. The highest BCUT2D eigenvalue weighted by molar-refractivity contribution is 5.88. The first kappa shape index (κ1) is 14.6. The Bertz CT molecular complexity index is 625. The Kier molecular flexibility index (Phi) is 4.01. The fourth-order valence-corrected chi connectivity index (χ4v) is 3.58. The predicted molar refractivity (Wildman–Crippen MR) is 88.7 cm³/mol. The van der Waals surface area contributed by atoms with Gasteiger partial charge in [-0.05, 0) is 61.6 Å². The van der Waals surface area contributed by atoms with Crippen LogP contribution in [-0.2, 0) is 4.74 Å². The summed E-state index contributed by atoms with van der Waals surface area (Å²) in [6.07, 6.45) is 4.71. The van der Waals surface area contributed by atoms with E-state index < -0.39 is 0 Å². The Morgan fingerprint density at radius 3 is 2.43 bits per heavy atom. The largest absolute Gasteiger partial charge is 0.378 e. The number of benzene rings is 2. The Balaban J connectivity index is 1.99. The van der Waals surface area contributed by atoms with E-state index in [0.717, 1.165) is 6.42 Å². The van der Waals surface area contributed by atoms with Crippen molar-refractivity contribution in [2.45, 2.75) is 44.2 Å². The topological polar surface area (TPSA) is 21.3 Å². The van der Waals surface area contributed by atoms with E-state index >= 15 is 0 Å². The second kappa shape index (κ2) is 5.78. The molecular formula is C19H25NO. The van der Waals surface area contributed by atoms with E-state index in [-0.39, 0.29) is 5.60 Å². The Hall–Kier alpha value is -1.38. The molecule has 0 aromatic heterocycles. The number of rotatable bonds is 5. The first-order valence-corrected chi connectivity index (χ1v) is 7.90. The van der Waals surface area contributed by atoms with E-state index in [1.807, 2.05) is 7.11 Å². The number of nitrogens with one attached hydrogen (secondary N) is 1. The molecule has 1 aliphatic rings. The van der Waals surface area contributed by atoms with Crippen molar-refractivity contribution in [1.82, 2.24) is 5.32 Å². The van der Waals surface area contributed by atoms with Gasteiger partial charge in [-0.2, -0.15) is 0 Å². The van der Waals surface area contributed by atoms with Gasteiger partial charge in [0.15, 0.2) is 0 Å². The number of fused-ring (bicyclic) bond motifs is 1. The minimum absolute atomic E-state index is 0.0830. The maximum atomic E-state index is 5.82. The van der Waals surface area contributed by atoms with Crippen molar-refractivity contribution in [2.75, 3.05) is 14.2 Å². The molecule has 1 N–H and O–H groups in total. The third kappa shape index (κ3) is 2.58. The fourth-order valence-electron chi connectivity index (χ4n) is 3.58. The van der Waals surface area contributed by atoms with Gasteiger partial charge in [0.2, 0.25) is 0 Å². The summed E-state index contributed by atoms with van der Waals surface area (Å²) in [5.74, 6) is 0. The van der Waals surface area contributed by atoms with Crippen molar-refractivity contribution in [1.29, 1.82) is 0 Å². The standard InChI is InChI=1S/C19H25NO/c1-14-9-10-17(16-8-5-4-7-15(14)16)18(20-2)13-19(21-3)11-6-12-19/h4-5,7-10,18,20H,6,11-13H2,1-3H3. The summed E-state index contributed by atoms with van der Waals surface area (Å²) < 4.78 is 5.82. The second-order valence-electron chi connectivity index (χ2n) is 6.30. The molecule has 1 atom stereocenters. The van der Waals surface area contributed by atoms with Crippen LogP contribution in [0.1, 0.15) is 42.9 Å². The Morgan fingerprint density at radius 1 is 1.14 bits per heavy atom. The van der Waals surface area contributed by atoms with Crippen LogP contribution < -0.4 is 5.32 Å². The van der Waals surface area contributed by atoms with Crippen molar-refractivity contribution in [3.8, 4) is 0 Å². The molecule has 1 unspecified atom stereocenters. The molecule has 0 aliphatic heterocycles. The normalized spacial score (nSPS) is 18.4. The smallest absolute Gasteiger partial charge is 0.0697 e. The van der Waals surface area contributed by atoms with Crippen molar-refractivity contribution in [3.63, 3.8) is 0 Å². The monoisotopic (exact) mass is 283 g/mol. The van der Waals surface area contributed by atoms with Crippen LogP contribution in [0.3, 0.4) is 0 Å². The molecule has 0 amide bonds. The van der Waals surface area contributed by atoms with Gasteiger partial charge in [-0.1, -0.05) is 36.4 Å². The lowest BCUT2D eigenvalue weighted by Crippen LogP contribution is -2.42. The first-order chi connectivity index (χ1) is 10.2. The highest BCUT2D eigenvalue weighted by Crippen LogP contribution is 2.42. The van der Waals surface area contributed by atoms with Gasteiger partial charge in [-0.15, -0.1) is 0 Å². The van der Waals surface area contributed by atoms with Gasteiger partial charge >= 0.3 is 0 Å². The second-order valence-corrected chi connectivity index (χ2v) is 6.30. The van der Waals surface area contributed by atoms with E-state index in [0.29, 0.717) is 6.04 Å². The van der Waals surface area contributed by atoms with E-state index in [4.69, 9.17) is 4.74 Å². The summed E-state index contributed by atoms with van der Waals surface area (Å²) >= 11 is 0. The molecule has 21 heavy (non-hydrogen) atoms. The van der Waals surface area contributed by atoms with Crippen LogP contribution >= 0.6 is 0 Å². The number of aryl methyl sites for hydroxylation is 1. The van der Waals surface area contributed by atoms with Crippen LogP contribution in [0.4, 0.5) is 0 Å². The molecule has 0 spiro atoms. The molecular weight excluding hydrogens is 258 g/mol. The lowest BCUT2D eigenvalue weighted by molar-refractivity contribution is -0.0833. The number of hydrogen-bond acceptors (Lipinski definition) is 2. The van der Waals surface area contributed by atoms with Gasteiger partial charge in [0.25, 0.3) is 0 Å². The third-order valence-electron chi connectivity index (χ3n) is 5.17.